The molecule has 1 atom stereocenters. The summed E-state index contributed by atoms with van der Waals surface area (Å²) in [6.07, 6.45) is 4.14. The second kappa shape index (κ2) is 4.64. The molecule has 1 N–H and O–H groups in total. The Hall–Kier alpha value is -2.50. The number of nitrogens with one attached hydrogen (secondary N) is 1. The number of hydrogen-bond donors (Lipinski definition) is 1. The monoisotopic (exact) mass is 260 g/mol. The van der Waals surface area contributed by atoms with Crippen LogP contribution in [-0.4, -0.2) is 34.6 Å². The molecule has 0 spiro atoms. The number of hydrogen-bond acceptors (Lipinski definition) is 4. The average molecular weight is 260 g/mol. The molecule has 0 aromatic heterocycles. The number of amides is 4. The number of allylic oxidation sites excluding steroid dienone is 3. The highest BCUT2D eigenvalue weighted by Crippen LogP contribution is 2.29. The van der Waals surface area contributed by atoms with Crippen LogP contribution in [0.15, 0.2) is 36.0 Å². The Morgan fingerprint density at radius 1 is 1.21 bits per heavy atom. The number of nitrogens with zero attached hydrogens (tertiary/aromatic N) is 1. The van der Waals surface area contributed by atoms with Gasteiger partial charge in [-0.25, -0.2) is 0 Å². The predicted octanol–water partition coefficient (Wildman–Crippen LogP) is -0.171. The molecule has 98 valence electrons. The van der Waals surface area contributed by atoms with Crippen molar-refractivity contribution in [2.24, 2.45) is 0 Å². The van der Waals surface area contributed by atoms with Gasteiger partial charge in [-0.2, -0.15) is 0 Å². The molecule has 2 rings (SSSR count). The van der Waals surface area contributed by atoms with Crippen LogP contribution < -0.4 is 5.32 Å². The number of likely N-dealkylation sites (tertiary alicyclic amines) is 1. The SMILES string of the molecule is C=C/C=C1/C(=O)N(C2CC(=O)NC2=O)C(=O)/C1=C/C. The zero-order chi connectivity index (χ0) is 14.2. The maximum atomic E-state index is 12.2. The van der Waals surface area contributed by atoms with Gasteiger partial charge < -0.3 is 0 Å². The van der Waals surface area contributed by atoms with Gasteiger partial charge in [-0.1, -0.05) is 18.7 Å². The topological polar surface area (TPSA) is 83.6 Å². The van der Waals surface area contributed by atoms with Gasteiger partial charge >= 0.3 is 0 Å². The molecule has 0 bridgehead atoms. The zero-order valence-corrected chi connectivity index (χ0v) is 10.3. The largest absolute Gasteiger partial charge is 0.295 e. The highest BCUT2D eigenvalue weighted by atomic mass is 16.2. The minimum absolute atomic E-state index is 0.186. The number of imide groups is 2. The van der Waals surface area contributed by atoms with E-state index in [9.17, 15) is 19.2 Å². The summed E-state index contributed by atoms with van der Waals surface area (Å²) >= 11 is 0. The van der Waals surface area contributed by atoms with Crippen molar-refractivity contribution in [1.29, 1.82) is 0 Å². The summed E-state index contributed by atoms with van der Waals surface area (Å²) in [5.41, 5.74) is 0.409. The van der Waals surface area contributed by atoms with Crippen molar-refractivity contribution >= 4 is 23.6 Å². The van der Waals surface area contributed by atoms with E-state index in [1.165, 1.54) is 18.2 Å². The molecule has 19 heavy (non-hydrogen) atoms. The van der Waals surface area contributed by atoms with Crippen molar-refractivity contribution < 1.29 is 19.2 Å². The van der Waals surface area contributed by atoms with Crippen molar-refractivity contribution in [1.82, 2.24) is 10.2 Å². The van der Waals surface area contributed by atoms with Gasteiger partial charge in [0.25, 0.3) is 11.8 Å². The smallest absolute Gasteiger partial charge is 0.262 e. The quantitative estimate of drug-likeness (QED) is 0.552. The van der Waals surface area contributed by atoms with Gasteiger partial charge in [-0.15, -0.1) is 0 Å². The molecule has 0 aromatic carbocycles. The Kier molecular flexibility index (Phi) is 3.16. The first-order valence-corrected chi connectivity index (χ1v) is 5.72. The number of carbonyl (C=O) groups excluding carboxylic acids is 4. The third kappa shape index (κ3) is 1.91. The Labute approximate surface area is 109 Å². The van der Waals surface area contributed by atoms with E-state index >= 15 is 0 Å². The van der Waals surface area contributed by atoms with Crippen LogP contribution in [0, 0.1) is 0 Å². The maximum Gasteiger partial charge on any atom is 0.262 e. The van der Waals surface area contributed by atoms with Crippen LogP contribution in [0.4, 0.5) is 0 Å². The third-order valence-electron chi connectivity index (χ3n) is 3.02. The van der Waals surface area contributed by atoms with Crippen LogP contribution in [0.1, 0.15) is 13.3 Å². The van der Waals surface area contributed by atoms with E-state index in [2.05, 4.69) is 11.9 Å². The molecule has 0 aliphatic carbocycles. The first-order chi connectivity index (χ1) is 9.01. The lowest BCUT2D eigenvalue weighted by molar-refractivity contribution is -0.143. The minimum Gasteiger partial charge on any atom is -0.295 e. The van der Waals surface area contributed by atoms with E-state index in [-0.39, 0.29) is 17.6 Å². The summed E-state index contributed by atoms with van der Waals surface area (Å²) < 4.78 is 0. The second-order valence-corrected chi connectivity index (χ2v) is 4.13. The summed E-state index contributed by atoms with van der Waals surface area (Å²) in [5, 5.41) is 2.08. The van der Waals surface area contributed by atoms with Gasteiger partial charge in [0.2, 0.25) is 11.8 Å². The van der Waals surface area contributed by atoms with Gasteiger partial charge in [-0.05, 0) is 13.0 Å². The third-order valence-corrected chi connectivity index (χ3v) is 3.02. The summed E-state index contributed by atoms with van der Waals surface area (Å²) in [6.45, 7) is 5.11. The molecule has 2 saturated heterocycles. The normalized spacial score (nSPS) is 27.6. The van der Waals surface area contributed by atoms with Crippen LogP contribution in [0.25, 0.3) is 0 Å². The molecule has 2 aliphatic heterocycles. The van der Waals surface area contributed by atoms with Gasteiger partial charge in [0, 0.05) is 5.57 Å². The van der Waals surface area contributed by atoms with Crippen LogP contribution in [0.5, 0.6) is 0 Å². The van der Waals surface area contributed by atoms with E-state index in [4.69, 9.17) is 0 Å². The standard InChI is InChI=1S/C13H12N2O4/c1-3-5-8-7(4-2)12(18)15(13(8)19)9-6-10(16)14-11(9)17/h3-5,9H,1,6H2,2H3,(H,14,16,17)/b7-4+,8-5+. The number of carbonyl (C=O) groups is 4. The lowest BCUT2D eigenvalue weighted by atomic mass is 10.1. The van der Waals surface area contributed by atoms with E-state index in [1.807, 2.05) is 0 Å². The Bertz CT molecular complexity index is 571. The van der Waals surface area contributed by atoms with Crippen molar-refractivity contribution in [3.8, 4) is 0 Å². The van der Waals surface area contributed by atoms with Gasteiger partial charge in [0.1, 0.15) is 6.04 Å². The van der Waals surface area contributed by atoms with Gasteiger partial charge in [0.05, 0.1) is 12.0 Å². The van der Waals surface area contributed by atoms with Crippen LogP contribution in [0.2, 0.25) is 0 Å². The van der Waals surface area contributed by atoms with E-state index in [0.29, 0.717) is 0 Å². The summed E-state index contributed by atoms with van der Waals surface area (Å²) in [4.78, 5) is 47.9. The summed E-state index contributed by atoms with van der Waals surface area (Å²) in [6, 6.07) is -1.06. The van der Waals surface area contributed by atoms with E-state index in [1.54, 1.807) is 6.92 Å². The van der Waals surface area contributed by atoms with E-state index in [0.717, 1.165) is 4.90 Å². The van der Waals surface area contributed by atoms with Crippen molar-refractivity contribution in [2.75, 3.05) is 0 Å². The molecule has 6 nitrogen and oxygen atoms in total. The molecule has 0 saturated carbocycles. The molecular formula is C13H12N2O4. The van der Waals surface area contributed by atoms with Crippen molar-refractivity contribution in [3.63, 3.8) is 0 Å². The second-order valence-electron chi connectivity index (χ2n) is 4.13. The minimum atomic E-state index is -1.06. The van der Waals surface area contributed by atoms with Gasteiger partial charge in [-0.3, -0.25) is 29.4 Å². The van der Waals surface area contributed by atoms with E-state index < -0.39 is 29.7 Å². The Morgan fingerprint density at radius 2 is 1.84 bits per heavy atom. The number of rotatable bonds is 2. The fourth-order valence-corrected chi connectivity index (χ4v) is 2.17. The predicted molar refractivity (Wildman–Crippen MR) is 65.4 cm³/mol. The molecular weight excluding hydrogens is 248 g/mol. The first kappa shape index (κ1) is 12.9. The average Bonchev–Trinajstić information content (AvgIpc) is 2.78. The highest BCUT2D eigenvalue weighted by molar-refractivity contribution is 6.27. The fourth-order valence-electron chi connectivity index (χ4n) is 2.17. The van der Waals surface area contributed by atoms with Crippen LogP contribution in [-0.2, 0) is 19.2 Å². The molecule has 4 amide bonds. The molecule has 1 unspecified atom stereocenters. The van der Waals surface area contributed by atoms with Crippen LogP contribution >= 0.6 is 0 Å². The summed E-state index contributed by atoms with van der Waals surface area (Å²) in [7, 11) is 0. The fraction of sp³-hybridized carbons (Fsp3) is 0.231. The molecule has 2 heterocycles. The molecule has 0 aromatic rings. The molecule has 6 heteroatoms. The Balaban J connectivity index is 2.43. The highest BCUT2D eigenvalue weighted by Gasteiger charge is 2.47. The van der Waals surface area contributed by atoms with Crippen molar-refractivity contribution in [3.05, 3.63) is 36.0 Å². The summed E-state index contributed by atoms with van der Waals surface area (Å²) in [5.74, 6) is -2.25. The Morgan fingerprint density at radius 3 is 2.32 bits per heavy atom. The maximum absolute atomic E-state index is 12.2. The van der Waals surface area contributed by atoms with Crippen molar-refractivity contribution in [2.45, 2.75) is 19.4 Å². The first-order valence-electron chi connectivity index (χ1n) is 5.72. The zero-order valence-electron chi connectivity index (χ0n) is 10.3. The lowest BCUT2D eigenvalue weighted by Crippen LogP contribution is -2.44. The molecule has 2 fully saturated rings. The molecule has 2 aliphatic rings. The van der Waals surface area contributed by atoms with Crippen LogP contribution in [0.3, 0.4) is 0 Å². The molecule has 0 radical (unpaired) electrons. The lowest BCUT2D eigenvalue weighted by Gasteiger charge is -2.17. The van der Waals surface area contributed by atoms with Gasteiger partial charge in [0.15, 0.2) is 0 Å².